The van der Waals surface area contributed by atoms with Gasteiger partial charge in [-0.1, -0.05) is 17.4 Å². The van der Waals surface area contributed by atoms with Gasteiger partial charge in [0.2, 0.25) is 10.1 Å². The highest BCUT2D eigenvalue weighted by atomic mass is 32.1. The molecule has 0 aliphatic heterocycles. The molecule has 3 heterocycles. The lowest BCUT2D eigenvalue weighted by molar-refractivity contribution is 0.102. The van der Waals surface area contributed by atoms with Crippen LogP contribution in [-0.4, -0.2) is 30.3 Å². The number of benzene rings is 1. The lowest BCUT2D eigenvalue weighted by Gasteiger charge is -2.12. The number of carbonyl (C=O) groups excluding carboxylic acids is 1. The van der Waals surface area contributed by atoms with Crippen molar-refractivity contribution in [2.45, 2.75) is 27.7 Å². The number of hydrogen-bond acceptors (Lipinski definition) is 5. The van der Waals surface area contributed by atoms with E-state index in [4.69, 9.17) is 0 Å². The van der Waals surface area contributed by atoms with Crippen molar-refractivity contribution >= 4 is 27.3 Å². The van der Waals surface area contributed by atoms with Crippen molar-refractivity contribution in [3.63, 3.8) is 0 Å². The maximum Gasteiger partial charge on any atom is 0.259 e. The Kier molecular flexibility index (Phi) is 3.84. The molecular weight excluding hydrogens is 348 g/mol. The molecule has 0 unspecified atom stereocenters. The molecule has 3 aromatic heterocycles. The summed E-state index contributed by atoms with van der Waals surface area (Å²) in [7, 11) is 0. The minimum atomic E-state index is -0.182. The topological polar surface area (TPSA) is 77.1 Å². The monoisotopic (exact) mass is 366 g/mol. The highest BCUT2D eigenvalue weighted by molar-refractivity contribution is 7.20. The van der Waals surface area contributed by atoms with E-state index in [-0.39, 0.29) is 5.91 Å². The van der Waals surface area contributed by atoms with Gasteiger partial charge in [0.05, 0.1) is 5.56 Å². The van der Waals surface area contributed by atoms with Crippen molar-refractivity contribution in [3.05, 3.63) is 58.7 Å². The lowest BCUT2D eigenvalue weighted by atomic mass is 10.1. The molecule has 0 fully saturated rings. The summed E-state index contributed by atoms with van der Waals surface area (Å²) in [6.45, 7) is 8.11. The van der Waals surface area contributed by atoms with E-state index in [9.17, 15) is 4.79 Å². The molecule has 1 aromatic carbocycles. The Morgan fingerprint density at radius 2 is 1.81 bits per heavy atom. The Bertz CT molecular complexity index is 1090. The minimum absolute atomic E-state index is 0.182. The molecule has 0 atom stereocenters. The summed E-state index contributed by atoms with van der Waals surface area (Å²) in [5.41, 5.74) is 5.99. The Balaban J connectivity index is 1.68. The summed E-state index contributed by atoms with van der Waals surface area (Å²) in [6, 6.07) is 8.29. The lowest BCUT2D eigenvalue weighted by Crippen LogP contribution is -2.13. The number of aromatic nitrogens is 5. The van der Waals surface area contributed by atoms with Crippen LogP contribution in [0.15, 0.2) is 30.6 Å². The van der Waals surface area contributed by atoms with Gasteiger partial charge in [0.1, 0.15) is 6.33 Å². The van der Waals surface area contributed by atoms with Crippen LogP contribution in [0.4, 0.5) is 5.13 Å². The first kappa shape index (κ1) is 16.5. The number of rotatable bonds is 3. The van der Waals surface area contributed by atoms with Crippen molar-refractivity contribution in [2.75, 3.05) is 5.32 Å². The van der Waals surface area contributed by atoms with Gasteiger partial charge < -0.3 is 4.57 Å². The predicted octanol–water partition coefficient (Wildman–Crippen LogP) is 3.46. The molecule has 0 saturated heterocycles. The third-order valence-electron chi connectivity index (χ3n) is 4.25. The SMILES string of the molecule is Cc1cc(C)cc(-n2c(C)cc(C(=O)Nc3nn4cnnc4s3)c2C)c1. The number of anilines is 1. The highest BCUT2D eigenvalue weighted by Crippen LogP contribution is 2.24. The molecule has 4 rings (SSSR count). The summed E-state index contributed by atoms with van der Waals surface area (Å²) >= 11 is 1.28. The third-order valence-corrected chi connectivity index (χ3v) is 5.08. The molecule has 26 heavy (non-hydrogen) atoms. The number of amides is 1. The quantitative estimate of drug-likeness (QED) is 0.602. The third kappa shape index (κ3) is 2.78. The largest absolute Gasteiger partial charge is 0.318 e. The second-order valence-corrected chi connectivity index (χ2v) is 7.34. The number of hydrogen-bond donors (Lipinski definition) is 1. The molecule has 0 spiro atoms. The van der Waals surface area contributed by atoms with Crippen LogP contribution in [0.25, 0.3) is 10.6 Å². The van der Waals surface area contributed by atoms with Crippen molar-refractivity contribution < 1.29 is 4.79 Å². The first-order valence-corrected chi connectivity index (χ1v) is 9.00. The van der Waals surface area contributed by atoms with Crippen LogP contribution in [0.1, 0.15) is 32.9 Å². The van der Waals surface area contributed by atoms with E-state index in [2.05, 4.69) is 57.2 Å². The zero-order valence-corrected chi connectivity index (χ0v) is 15.8. The van der Waals surface area contributed by atoms with Crippen LogP contribution in [-0.2, 0) is 0 Å². The number of carbonyl (C=O) groups is 1. The van der Waals surface area contributed by atoms with Gasteiger partial charge in [-0.3, -0.25) is 10.1 Å². The fourth-order valence-electron chi connectivity index (χ4n) is 3.24. The Hall–Kier alpha value is -3.00. The van der Waals surface area contributed by atoms with Crippen LogP contribution in [0, 0.1) is 27.7 Å². The fraction of sp³-hybridized carbons (Fsp3) is 0.222. The van der Waals surface area contributed by atoms with Gasteiger partial charge in [0, 0.05) is 17.1 Å². The second-order valence-electron chi connectivity index (χ2n) is 6.39. The average Bonchev–Trinajstić information content (AvgIpc) is 3.19. The second kappa shape index (κ2) is 6.06. The van der Waals surface area contributed by atoms with Gasteiger partial charge in [0.15, 0.2) is 0 Å². The summed E-state index contributed by atoms with van der Waals surface area (Å²) in [4.78, 5) is 13.4. The number of aryl methyl sites for hydroxylation is 3. The molecule has 1 amide bonds. The van der Waals surface area contributed by atoms with Crippen molar-refractivity contribution in [1.29, 1.82) is 0 Å². The Morgan fingerprint density at radius 3 is 2.50 bits per heavy atom. The van der Waals surface area contributed by atoms with E-state index >= 15 is 0 Å². The van der Waals surface area contributed by atoms with Crippen LogP contribution in [0.2, 0.25) is 0 Å². The van der Waals surface area contributed by atoms with Crippen LogP contribution in [0.3, 0.4) is 0 Å². The molecule has 0 aliphatic rings. The van der Waals surface area contributed by atoms with Crippen LogP contribution >= 0.6 is 11.3 Å². The van der Waals surface area contributed by atoms with Gasteiger partial charge in [-0.25, -0.2) is 0 Å². The first-order valence-electron chi connectivity index (χ1n) is 8.18. The number of nitrogens with zero attached hydrogens (tertiary/aromatic N) is 5. The Morgan fingerprint density at radius 1 is 1.08 bits per heavy atom. The van der Waals surface area contributed by atoms with Gasteiger partial charge >= 0.3 is 0 Å². The Labute approximate surface area is 154 Å². The molecule has 0 aliphatic carbocycles. The van der Waals surface area contributed by atoms with E-state index < -0.39 is 0 Å². The molecule has 0 radical (unpaired) electrons. The maximum absolute atomic E-state index is 12.8. The van der Waals surface area contributed by atoms with E-state index in [1.807, 2.05) is 19.9 Å². The van der Waals surface area contributed by atoms with Crippen LogP contribution < -0.4 is 5.32 Å². The first-order chi connectivity index (χ1) is 12.4. The fourth-order valence-corrected chi connectivity index (χ4v) is 3.96. The zero-order chi connectivity index (χ0) is 18.4. The minimum Gasteiger partial charge on any atom is -0.318 e. The molecule has 8 heteroatoms. The normalized spacial score (nSPS) is 11.2. The average molecular weight is 366 g/mol. The number of fused-ring (bicyclic) bond motifs is 1. The molecule has 0 saturated carbocycles. The summed E-state index contributed by atoms with van der Waals surface area (Å²) in [6.07, 6.45) is 1.51. The maximum atomic E-state index is 12.8. The van der Waals surface area contributed by atoms with Crippen molar-refractivity contribution in [3.8, 4) is 5.69 Å². The van der Waals surface area contributed by atoms with Gasteiger partial charge in [-0.05, 0) is 57.0 Å². The molecule has 132 valence electrons. The van der Waals surface area contributed by atoms with E-state index in [1.54, 1.807) is 4.52 Å². The number of nitrogens with one attached hydrogen (secondary N) is 1. The summed E-state index contributed by atoms with van der Waals surface area (Å²) in [5, 5.41) is 15.3. The molecule has 7 nitrogen and oxygen atoms in total. The predicted molar refractivity (Wildman–Crippen MR) is 101 cm³/mol. The van der Waals surface area contributed by atoms with E-state index in [0.29, 0.717) is 15.7 Å². The van der Waals surface area contributed by atoms with Crippen LogP contribution in [0.5, 0.6) is 0 Å². The smallest absolute Gasteiger partial charge is 0.259 e. The zero-order valence-electron chi connectivity index (χ0n) is 14.9. The summed E-state index contributed by atoms with van der Waals surface area (Å²) in [5.74, 6) is -0.182. The van der Waals surface area contributed by atoms with Crippen molar-refractivity contribution in [2.24, 2.45) is 0 Å². The highest BCUT2D eigenvalue weighted by Gasteiger charge is 2.18. The molecular formula is C18H18N6OS. The van der Waals surface area contributed by atoms with E-state index in [1.165, 1.54) is 28.8 Å². The van der Waals surface area contributed by atoms with Crippen molar-refractivity contribution in [1.82, 2.24) is 24.4 Å². The van der Waals surface area contributed by atoms with Gasteiger partial charge in [0.25, 0.3) is 5.91 Å². The van der Waals surface area contributed by atoms with Gasteiger partial charge in [-0.15, -0.1) is 15.3 Å². The standard InChI is InChI=1S/C18H18N6OS/c1-10-5-11(2)7-14(6-10)24-12(3)8-15(13(24)4)16(25)20-17-22-23-9-19-21-18(23)26-17/h5-9H,1-4H3,(H,20,22,25). The molecule has 0 bridgehead atoms. The molecule has 4 aromatic rings. The van der Waals surface area contributed by atoms with Gasteiger partial charge in [-0.2, -0.15) is 4.52 Å². The molecule has 1 N–H and O–H groups in total. The van der Waals surface area contributed by atoms with E-state index in [0.717, 1.165) is 17.1 Å². The summed E-state index contributed by atoms with van der Waals surface area (Å²) < 4.78 is 3.65.